The van der Waals surface area contributed by atoms with Gasteiger partial charge in [0.25, 0.3) is 5.91 Å². The second-order valence-corrected chi connectivity index (χ2v) is 5.04. The number of amides is 1. The number of hydrogen-bond acceptors (Lipinski definition) is 4. The van der Waals surface area contributed by atoms with E-state index in [1.165, 1.54) is 24.3 Å². The van der Waals surface area contributed by atoms with Crippen molar-refractivity contribution in [3.8, 4) is 0 Å². The molecule has 110 valence electrons. The molecule has 0 aromatic heterocycles. The highest BCUT2D eigenvalue weighted by Gasteiger charge is 2.20. The Bertz CT molecular complexity index is 503. The second kappa shape index (κ2) is 7.73. The average Bonchev–Trinajstić information content (AvgIpc) is 2.42. The molecule has 1 amide bonds. The molecule has 2 atom stereocenters. The van der Waals surface area contributed by atoms with Crippen molar-refractivity contribution < 1.29 is 23.5 Å². The molecule has 0 aliphatic rings. The van der Waals surface area contributed by atoms with E-state index in [4.69, 9.17) is 15.4 Å². The fraction of sp³-hybridized carbons (Fsp3) is 0.333. The highest BCUT2D eigenvalue weighted by molar-refractivity contribution is 7.79. The number of nitrogens with one attached hydrogen (secondary N) is 1. The first-order chi connectivity index (χ1) is 9.45. The van der Waals surface area contributed by atoms with Gasteiger partial charge in [-0.3, -0.25) is 4.79 Å². The Kier molecular flexibility index (Phi) is 6.29. The molecule has 1 aromatic rings. The lowest BCUT2D eigenvalue weighted by Crippen LogP contribution is -2.41. The normalized spacial score (nSPS) is 13.5. The predicted molar refractivity (Wildman–Crippen MR) is 72.7 cm³/mol. The maximum atomic E-state index is 11.9. The van der Waals surface area contributed by atoms with E-state index in [-0.39, 0.29) is 16.9 Å². The Morgan fingerprint density at radius 3 is 2.35 bits per heavy atom. The van der Waals surface area contributed by atoms with E-state index in [1.807, 2.05) is 0 Å². The van der Waals surface area contributed by atoms with Crippen molar-refractivity contribution in [3.05, 3.63) is 29.8 Å². The fourth-order valence-corrected chi connectivity index (χ4v) is 1.91. The molecule has 1 unspecified atom stereocenters. The summed E-state index contributed by atoms with van der Waals surface area (Å²) in [5.74, 6) is -1.68. The molecular weight excluding hydrogens is 284 g/mol. The Morgan fingerprint density at radius 1 is 1.30 bits per heavy atom. The van der Waals surface area contributed by atoms with Gasteiger partial charge in [0.15, 0.2) is 11.1 Å². The van der Waals surface area contributed by atoms with Crippen LogP contribution in [0.15, 0.2) is 29.2 Å². The number of rotatable bonds is 7. The monoisotopic (exact) mass is 300 g/mol. The van der Waals surface area contributed by atoms with Crippen LogP contribution in [0.3, 0.4) is 0 Å². The molecule has 5 N–H and O–H groups in total. The summed E-state index contributed by atoms with van der Waals surface area (Å²) in [6.45, 7) is 0.344. The second-order valence-electron chi connectivity index (χ2n) is 4.07. The summed E-state index contributed by atoms with van der Waals surface area (Å²) in [5.41, 5.74) is 5.53. The van der Waals surface area contributed by atoms with E-state index < -0.39 is 29.0 Å². The molecule has 0 spiro atoms. The van der Waals surface area contributed by atoms with Crippen molar-refractivity contribution in [2.24, 2.45) is 5.73 Å². The van der Waals surface area contributed by atoms with Gasteiger partial charge in [-0.05, 0) is 43.7 Å². The number of benzene rings is 1. The Hall–Kier alpha value is -1.77. The highest BCUT2D eigenvalue weighted by atomic mass is 32.2. The maximum Gasteiger partial charge on any atom is 0.326 e. The van der Waals surface area contributed by atoms with Crippen LogP contribution in [0.25, 0.3) is 0 Å². The molecule has 0 aliphatic heterocycles. The van der Waals surface area contributed by atoms with E-state index in [1.54, 1.807) is 0 Å². The minimum atomic E-state index is -2.11. The molecule has 0 radical (unpaired) electrons. The first-order valence-corrected chi connectivity index (χ1v) is 7.01. The molecule has 20 heavy (non-hydrogen) atoms. The Morgan fingerprint density at radius 2 is 1.90 bits per heavy atom. The third-order valence-electron chi connectivity index (χ3n) is 2.62. The molecule has 0 saturated heterocycles. The summed E-state index contributed by atoms with van der Waals surface area (Å²) in [6, 6.07) is 4.39. The van der Waals surface area contributed by atoms with Gasteiger partial charge in [0, 0.05) is 5.56 Å². The summed E-state index contributed by atoms with van der Waals surface area (Å²) < 4.78 is 19.6. The van der Waals surface area contributed by atoms with Crippen molar-refractivity contribution in [3.63, 3.8) is 0 Å². The zero-order valence-corrected chi connectivity index (χ0v) is 11.4. The van der Waals surface area contributed by atoms with Crippen LogP contribution in [0.4, 0.5) is 0 Å². The quantitative estimate of drug-likeness (QED) is 0.532. The van der Waals surface area contributed by atoms with Crippen LogP contribution >= 0.6 is 0 Å². The maximum absolute atomic E-state index is 11.9. The van der Waals surface area contributed by atoms with Crippen LogP contribution in [0.5, 0.6) is 0 Å². The fourth-order valence-electron chi connectivity index (χ4n) is 1.54. The summed E-state index contributed by atoms with van der Waals surface area (Å²) in [6.07, 6.45) is 0.732. The van der Waals surface area contributed by atoms with Gasteiger partial charge in [0.05, 0.1) is 4.90 Å². The van der Waals surface area contributed by atoms with Crippen LogP contribution in [-0.2, 0) is 15.9 Å². The molecule has 0 fully saturated rings. The van der Waals surface area contributed by atoms with E-state index in [9.17, 15) is 13.8 Å². The molecule has 1 rings (SSSR count). The van der Waals surface area contributed by atoms with Gasteiger partial charge in [0.1, 0.15) is 6.04 Å². The first kappa shape index (κ1) is 16.3. The molecule has 0 bridgehead atoms. The first-order valence-electron chi connectivity index (χ1n) is 5.90. The van der Waals surface area contributed by atoms with Crippen molar-refractivity contribution in [1.82, 2.24) is 5.32 Å². The van der Waals surface area contributed by atoms with E-state index in [0.29, 0.717) is 13.0 Å². The Labute approximate surface area is 118 Å². The van der Waals surface area contributed by atoms with Gasteiger partial charge in [-0.25, -0.2) is 9.00 Å². The van der Waals surface area contributed by atoms with Crippen molar-refractivity contribution in [2.45, 2.75) is 23.8 Å². The van der Waals surface area contributed by atoms with Crippen LogP contribution in [0.1, 0.15) is 23.2 Å². The Balaban J connectivity index is 2.73. The van der Waals surface area contributed by atoms with Gasteiger partial charge in [0.2, 0.25) is 0 Å². The molecule has 0 heterocycles. The lowest BCUT2D eigenvalue weighted by atomic mass is 10.1. The number of carbonyl (C=O) groups excluding carboxylic acids is 1. The van der Waals surface area contributed by atoms with Gasteiger partial charge in [-0.15, -0.1) is 0 Å². The van der Waals surface area contributed by atoms with Crippen LogP contribution in [-0.4, -0.2) is 38.3 Å². The van der Waals surface area contributed by atoms with Crippen LogP contribution in [0, 0.1) is 0 Å². The summed E-state index contributed by atoms with van der Waals surface area (Å²) in [5, 5.41) is 11.4. The topological polar surface area (TPSA) is 130 Å². The van der Waals surface area contributed by atoms with Crippen molar-refractivity contribution in [2.75, 3.05) is 6.54 Å². The molecule has 0 aliphatic carbocycles. The molecule has 1 aromatic carbocycles. The third kappa shape index (κ3) is 4.72. The number of carboxylic acids is 1. The highest BCUT2D eigenvalue weighted by Crippen LogP contribution is 2.08. The van der Waals surface area contributed by atoms with Crippen LogP contribution in [0.2, 0.25) is 0 Å². The lowest BCUT2D eigenvalue weighted by molar-refractivity contribution is -0.139. The zero-order chi connectivity index (χ0) is 15.1. The molecular formula is C12H16N2O5S. The van der Waals surface area contributed by atoms with E-state index in [0.717, 1.165) is 0 Å². The smallest absolute Gasteiger partial charge is 0.326 e. The summed E-state index contributed by atoms with van der Waals surface area (Å²) in [7, 11) is 0. The number of carbonyl (C=O) groups is 2. The van der Waals surface area contributed by atoms with Crippen molar-refractivity contribution >= 4 is 23.0 Å². The minimum absolute atomic E-state index is 0.166. The third-order valence-corrected chi connectivity index (χ3v) is 3.29. The average molecular weight is 300 g/mol. The van der Waals surface area contributed by atoms with E-state index in [2.05, 4.69) is 5.32 Å². The largest absolute Gasteiger partial charge is 0.480 e. The molecule has 7 nitrogen and oxygen atoms in total. The van der Waals surface area contributed by atoms with Gasteiger partial charge >= 0.3 is 5.97 Å². The standard InChI is InChI=1S/C12H16N2O5S/c13-7-1-2-10(12(16)17)14-11(15)8-3-5-9(6-4-8)20(18)19/h3-6,10H,1-2,7,13H2,(H,14,15)(H,16,17)(H,18,19)/t10-/m1/s1. The SMILES string of the molecule is NCCC[C@@H](NC(=O)c1ccc(S(=O)O)cc1)C(=O)O. The van der Waals surface area contributed by atoms with Crippen LogP contribution < -0.4 is 11.1 Å². The van der Waals surface area contributed by atoms with E-state index >= 15 is 0 Å². The van der Waals surface area contributed by atoms with Gasteiger partial charge in [-0.1, -0.05) is 0 Å². The zero-order valence-electron chi connectivity index (χ0n) is 10.6. The predicted octanol–water partition coefficient (Wildman–Crippen LogP) is 0.189. The summed E-state index contributed by atoms with van der Waals surface area (Å²) >= 11 is -2.11. The number of hydrogen-bond donors (Lipinski definition) is 4. The molecule has 0 saturated carbocycles. The minimum Gasteiger partial charge on any atom is -0.480 e. The number of aliphatic carboxylic acids is 1. The number of nitrogens with two attached hydrogens (primary N) is 1. The number of carboxylic acid groups (broad SMARTS) is 1. The lowest BCUT2D eigenvalue weighted by Gasteiger charge is -2.14. The molecule has 8 heteroatoms. The van der Waals surface area contributed by atoms with Gasteiger partial charge in [-0.2, -0.15) is 0 Å². The van der Waals surface area contributed by atoms with Gasteiger partial charge < -0.3 is 20.7 Å². The summed E-state index contributed by atoms with van der Waals surface area (Å²) in [4.78, 5) is 23.0. The van der Waals surface area contributed by atoms with Crippen molar-refractivity contribution in [1.29, 1.82) is 0 Å².